The van der Waals surface area contributed by atoms with Crippen molar-refractivity contribution in [2.24, 2.45) is 5.10 Å². The number of hydrazone groups is 1. The van der Waals surface area contributed by atoms with Crippen molar-refractivity contribution in [1.82, 2.24) is 10.7 Å². The van der Waals surface area contributed by atoms with Gasteiger partial charge < -0.3 is 9.73 Å². The molecule has 1 aromatic heterocycles. The number of aryl methyl sites for hydroxylation is 1. The van der Waals surface area contributed by atoms with E-state index in [9.17, 15) is 9.59 Å². The van der Waals surface area contributed by atoms with E-state index in [2.05, 4.69) is 15.8 Å². The zero-order chi connectivity index (χ0) is 14.2. The van der Waals surface area contributed by atoms with E-state index in [4.69, 9.17) is 4.42 Å². The minimum Gasteiger partial charge on any atom is -0.469 e. The van der Waals surface area contributed by atoms with Crippen molar-refractivity contribution in [3.63, 3.8) is 0 Å². The summed E-state index contributed by atoms with van der Waals surface area (Å²) in [6.07, 6.45) is 5.46. The highest BCUT2D eigenvalue weighted by atomic mass is 16.3. The van der Waals surface area contributed by atoms with E-state index in [1.165, 1.54) is 0 Å². The molecule has 1 aliphatic heterocycles. The van der Waals surface area contributed by atoms with Gasteiger partial charge in [-0.1, -0.05) is 0 Å². The summed E-state index contributed by atoms with van der Waals surface area (Å²) < 4.78 is 5.21. The molecule has 0 saturated heterocycles. The van der Waals surface area contributed by atoms with E-state index in [0.717, 1.165) is 24.3 Å². The number of nitrogens with one attached hydrogen (secondary N) is 2. The van der Waals surface area contributed by atoms with Gasteiger partial charge in [0.25, 0.3) is 0 Å². The van der Waals surface area contributed by atoms with Crippen molar-refractivity contribution in [2.45, 2.75) is 38.5 Å². The van der Waals surface area contributed by atoms with Crippen LogP contribution in [0.25, 0.3) is 0 Å². The Hall–Kier alpha value is -2.11. The molecule has 0 bridgehead atoms. The third kappa shape index (κ3) is 4.87. The van der Waals surface area contributed by atoms with Gasteiger partial charge in [0.1, 0.15) is 5.76 Å². The van der Waals surface area contributed by atoms with Crippen molar-refractivity contribution in [2.75, 3.05) is 6.54 Å². The molecule has 0 saturated carbocycles. The van der Waals surface area contributed by atoms with E-state index in [1.807, 2.05) is 12.1 Å². The Morgan fingerprint density at radius 1 is 1.40 bits per heavy atom. The Kier molecular flexibility index (Phi) is 5.34. The summed E-state index contributed by atoms with van der Waals surface area (Å²) in [4.78, 5) is 22.5. The number of carbonyl (C=O) groups excluding carboxylic acids is 2. The molecule has 1 aliphatic rings. The van der Waals surface area contributed by atoms with Crippen LogP contribution in [0.3, 0.4) is 0 Å². The Labute approximate surface area is 117 Å². The van der Waals surface area contributed by atoms with Crippen LogP contribution >= 0.6 is 0 Å². The van der Waals surface area contributed by atoms with E-state index in [-0.39, 0.29) is 11.8 Å². The third-order valence-electron chi connectivity index (χ3n) is 3.12. The zero-order valence-electron chi connectivity index (χ0n) is 11.4. The first-order valence-corrected chi connectivity index (χ1v) is 6.87. The van der Waals surface area contributed by atoms with Crippen LogP contribution in [-0.2, 0) is 16.0 Å². The summed E-state index contributed by atoms with van der Waals surface area (Å²) in [5.41, 5.74) is 3.32. The standard InChI is InChI=1S/C14H19N3O3/c18-13(7-5-11-6-8-14(19)17-16-11)15-9-1-3-12-4-2-10-20-12/h2,4,10H,1,3,5-9H2,(H,15,18)(H,17,19). The zero-order valence-corrected chi connectivity index (χ0v) is 11.4. The lowest BCUT2D eigenvalue weighted by molar-refractivity contribution is -0.121. The van der Waals surface area contributed by atoms with Gasteiger partial charge in [-0.3, -0.25) is 9.59 Å². The van der Waals surface area contributed by atoms with E-state index in [0.29, 0.717) is 32.2 Å². The van der Waals surface area contributed by atoms with Crippen molar-refractivity contribution in [3.8, 4) is 0 Å². The van der Waals surface area contributed by atoms with Crippen LogP contribution in [-0.4, -0.2) is 24.1 Å². The molecule has 0 unspecified atom stereocenters. The molecule has 2 rings (SSSR count). The van der Waals surface area contributed by atoms with Crippen molar-refractivity contribution in [3.05, 3.63) is 24.2 Å². The van der Waals surface area contributed by atoms with E-state index < -0.39 is 0 Å². The number of rotatable bonds is 7. The average Bonchev–Trinajstić information content (AvgIpc) is 2.96. The highest BCUT2D eigenvalue weighted by molar-refractivity contribution is 5.94. The second-order valence-electron chi connectivity index (χ2n) is 4.75. The lowest BCUT2D eigenvalue weighted by Crippen LogP contribution is -2.28. The normalized spacial score (nSPS) is 14.6. The Bertz CT molecular complexity index is 480. The maximum Gasteiger partial charge on any atom is 0.240 e. The topological polar surface area (TPSA) is 83.7 Å². The summed E-state index contributed by atoms with van der Waals surface area (Å²) in [5.74, 6) is 0.895. The molecule has 1 aromatic rings. The number of carbonyl (C=O) groups is 2. The maximum atomic E-state index is 11.6. The van der Waals surface area contributed by atoms with Crippen molar-refractivity contribution < 1.29 is 14.0 Å². The van der Waals surface area contributed by atoms with Crippen LogP contribution in [0.4, 0.5) is 0 Å². The van der Waals surface area contributed by atoms with Crippen LogP contribution in [0.1, 0.15) is 37.9 Å². The van der Waals surface area contributed by atoms with Gasteiger partial charge in [0.05, 0.1) is 6.26 Å². The third-order valence-corrected chi connectivity index (χ3v) is 3.12. The number of hydrogen-bond acceptors (Lipinski definition) is 4. The van der Waals surface area contributed by atoms with Gasteiger partial charge in [-0.2, -0.15) is 5.10 Å². The van der Waals surface area contributed by atoms with Gasteiger partial charge in [-0.25, -0.2) is 5.43 Å². The average molecular weight is 277 g/mol. The van der Waals surface area contributed by atoms with Gasteiger partial charge in [0.15, 0.2) is 0 Å². The lowest BCUT2D eigenvalue weighted by Gasteiger charge is -2.11. The first-order valence-electron chi connectivity index (χ1n) is 6.87. The van der Waals surface area contributed by atoms with Crippen LogP contribution in [0.5, 0.6) is 0 Å². The monoisotopic (exact) mass is 277 g/mol. The molecule has 6 nitrogen and oxygen atoms in total. The predicted molar refractivity (Wildman–Crippen MR) is 74.1 cm³/mol. The van der Waals surface area contributed by atoms with Gasteiger partial charge in [-0.05, 0) is 31.4 Å². The molecular weight excluding hydrogens is 258 g/mol. The minimum atomic E-state index is -0.0591. The van der Waals surface area contributed by atoms with E-state index in [1.54, 1.807) is 6.26 Å². The SMILES string of the molecule is O=C(CCC1=NNC(=O)CC1)NCCCc1ccco1. The van der Waals surface area contributed by atoms with Crippen molar-refractivity contribution >= 4 is 17.5 Å². The molecule has 0 radical (unpaired) electrons. The Morgan fingerprint density at radius 2 is 2.30 bits per heavy atom. The molecule has 20 heavy (non-hydrogen) atoms. The van der Waals surface area contributed by atoms with Gasteiger partial charge in [-0.15, -0.1) is 0 Å². The quantitative estimate of drug-likeness (QED) is 0.738. The summed E-state index contributed by atoms with van der Waals surface area (Å²) in [7, 11) is 0. The summed E-state index contributed by atoms with van der Waals surface area (Å²) in [6.45, 7) is 0.642. The molecule has 0 aliphatic carbocycles. The van der Waals surface area contributed by atoms with Crippen LogP contribution in [0.2, 0.25) is 0 Å². The van der Waals surface area contributed by atoms with Gasteiger partial charge in [0, 0.05) is 31.5 Å². The number of nitrogens with zero attached hydrogens (tertiary/aromatic N) is 1. The number of amides is 2. The van der Waals surface area contributed by atoms with Gasteiger partial charge >= 0.3 is 0 Å². The van der Waals surface area contributed by atoms with Crippen LogP contribution in [0, 0.1) is 0 Å². The van der Waals surface area contributed by atoms with E-state index >= 15 is 0 Å². The number of furan rings is 1. The van der Waals surface area contributed by atoms with Crippen LogP contribution in [0.15, 0.2) is 27.9 Å². The highest BCUT2D eigenvalue weighted by Gasteiger charge is 2.12. The molecule has 0 aromatic carbocycles. The fourth-order valence-corrected chi connectivity index (χ4v) is 1.98. The lowest BCUT2D eigenvalue weighted by atomic mass is 10.1. The molecule has 0 spiro atoms. The second-order valence-corrected chi connectivity index (χ2v) is 4.75. The summed E-state index contributed by atoms with van der Waals surface area (Å²) in [6, 6.07) is 3.79. The molecule has 0 fully saturated rings. The Morgan fingerprint density at radius 3 is 3.00 bits per heavy atom. The molecule has 6 heteroatoms. The molecule has 2 N–H and O–H groups in total. The largest absolute Gasteiger partial charge is 0.469 e. The molecule has 2 amide bonds. The summed E-state index contributed by atoms with van der Waals surface area (Å²) >= 11 is 0. The maximum absolute atomic E-state index is 11.6. The van der Waals surface area contributed by atoms with Gasteiger partial charge in [0.2, 0.25) is 11.8 Å². The minimum absolute atomic E-state index is 0.0176. The first-order chi connectivity index (χ1) is 9.74. The molecular formula is C14H19N3O3. The van der Waals surface area contributed by atoms with Crippen molar-refractivity contribution in [1.29, 1.82) is 0 Å². The molecule has 2 heterocycles. The summed E-state index contributed by atoms with van der Waals surface area (Å²) in [5, 5.41) is 6.81. The Balaban J connectivity index is 1.55. The smallest absolute Gasteiger partial charge is 0.240 e. The second kappa shape index (κ2) is 7.47. The first kappa shape index (κ1) is 14.3. The highest BCUT2D eigenvalue weighted by Crippen LogP contribution is 2.05. The van der Waals surface area contributed by atoms with Crippen LogP contribution < -0.4 is 10.7 Å². The fourth-order valence-electron chi connectivity index (χ4n) is 1.98. The predicted octanol–water partition coefficient (Wildman–Crippen LogP) is 1.37. The molecule has 0 atom stereocenters. The molecule has 108 valence electrons. The number of hydrogen-bond donors (Lipinski definition) is 2. The fraction of sp³-hybridized carbons (Fsp3) is 0.500.